The van der Waals surface area contributed by atoms with Crippen LogP contribution in [0, 0.1) is 0 Å². The van der Waals surface area contributed by atoms with E-state index < -0.39 is 48.6 Å². The van der Waals surface area contributed by atoms with Crippen LogP contribution in [0.4, 0.5) is 0 Å². The molecule has 9 heteroatoms. The molecule has 188 valence electrons. The van der Waals surface area contributed by atoms with Gasteiger partial charge in [0, 0.05) is 20.8 Å². The van der Waals surface area contributed by atoms with Crippen LogP contribution < -0.4 is 0 Å². The van der Waals surface area contributed by atoms with E-state index in [9.17, 15) is 14.4 Å². The Balaban J connectivity index is 1.92. The SMILES string of the molecule is CC(=O)OC[C@H]1OC(OC(C)=O)[C@@H](OCc2ccccc2)[C@H](OCc2ccccc2)[C@@H]1OC(C)=O. The van der Waals surface area contributed by atoms with E-state index in [1.165, 1.54) is 20.8 Å². The van der Waals surface area contributed by atoms with E-state index in [1.807, 2.05) is 60.7 Å². The van der Waals surface area contributed by atoms with Gasteiger partial charge in [-0.05, 0) is 11.1 Å². The maximum absolute atomic E-state index is 12.0. The molecule has 0 aromatic heterocycles. The number of hydrogen-bond acceptors (Lipinski definition) is 9. The van der Waals surface area contributed by atoms with Crippen molar-refractivity contribution in [2.24, 2.45) is 0 Å². The fourth-order valence-corrected chi connectivity index (χ4v) is 3.70. The Morgan fingerprint density at radius 1 is 0.686 bits per heavy atom. The lowest BCUT2D eigenvalue weighted by atomic mass is 9.98. The third-order valence-electron chi connectivity index (χ3n) is 5.20. The van der Waals surface area contributed by atoms with Crippen molar-refractivity contribution in [3.05, 3.63) is 71.8 Å². The Morgan fingerprint density at radius 3 is 1.69 bits per heavy atom. The zero-order valence-electron chi connectivity index (χ0n) is 20.0. The van der Waals surface area contributed by atoms with Gasteiger partial charge in [-0.25, -0.2) is 0 Å². The van der Waals surface area contributed by atoms with Crippen molar-refractivity contribution in [3.8, 4) is 0 Å². The summed E-state index contributed by atoms with van der Waals surface area (Å²) in [7, 11) is 0. The van der Waals surface area contributed by atoms with Gasteiger partial charge in [-0.3, -0.25) is 14.4 Å². The van der Waals surface area contributed by atoms with Crippen molar-refractivity contribution >= 4 is 17.9 Å². The van der Waals surface area contributed by atoms with Gasteiger partial charge in [0.1, 0.15) is 18.8 Å². The summed E-state index contributed by atoms with van der Waals surface area (Å²) >= 11 is 0. The molecule has 0 spiro atoms. The second kappa shape index (κ2) is 13.0. The summed E-state index contributed by atoms with van der Waals surface area (Å²) in [4.78, 5) is 35.3. The summed E-state index contributed by atoms with van der Waals surface area (Å²) in [5, 5.41) is 0. The molecule has 0 saturated carbocycles. The maximum Gasteiger partial charge on any atom is 0.305 e. The average molecular weight is 487 g/mol. The first-order valence-electron chi connectivity index (χ1n) is 11.3. The highest BCUT2D eigenvalue weighted by Crippen LogP contribution is 2.31. The Hall–Kier alpha value is -3.27. The first-order valence-corrected chi connectivity index (χ1v) is 11.3. The highest BCUT2D eigenvalue weighted by molar-refractivity contribution is 5.67. The minimum absolute atomic E-state index is 0.166. The molecule has 2 aromatic rings. The Morgan fingerprint density at radius 2 is 1.20 bits per heavy atom. The van der Waals surface area contributed by atoms with E-state index in [0.717, 1.165) is 11.1 Å². The van der Waals surface area contributed by atoms with Crippen LogP contribution in [0.2, 0.25) is 0 Å². The fraction of sp³-hybridized carbons (Fsp3) is 0.423. The molecule has 1 heterocycles. The van der Waals surface area contributed by atoms with E-state index in [2.05, 4.69) is 0 Å². The number of benzene rings is 2. The predicted molar refractivity (Wildman–Crippen MR) is 123 cm³/mol. The topological polar surface area (TPSA) is 107 Å². The second-order valence-corrected chi connectivity index (χ2v) is 8.05. The van der Waals surface area contributed by atoms with Crippen molar-refractivity contribution in [2.75, 3.05) is 6.61 Å². The quantitative estimate of drug-likeness (QED) is 0.370. The van der Waals surface area contributed by atoms with Gasteiger partial charge in [0.05, 0.1) is 13.2 Å². The van der Waals surface area contributed by atoms with Gasteiger partial charge in [-0.1, -0.05) is 60.7 Å². The van der Waals surface area contributed by atoms with Gasteiger partial charge >= 0.3 is 17.9 Å². The first-order chi connectivity index (χ1) is 16.8. The number of carbonyl (C=O) groups is 3. The molecule has 5 atom stereocenters. The summed E-state index contributed by atoms with van der Waals surface area (Å²) in [6, 6.07) is 18.8. The number of esters is 3. The molecule has 1 unspecified atom stereocenters. The van der Waals surface area contributed by atoms with Crippen LogP contribution in [-0.4, -0.2) is 55.2 Å². The van der Waals surface area contributed by atoms with Crippen LogP contribution in [-0.2, 0) is 56.0 Å². The molecular weight excluding hydrogens is 456 g/mol. The van der Waals surface area contributed by atoms with E-state index in [0.29, 0.717) is 0 Å². The lowest BCUT2D eigenvalue weighted by Crippen LogP contribution is -2.62. The Labute approximate surface area is 204 Å². The van der Waals surface area contributed by atoms with Crippen LogP contribution in [0.3, 0.4) is 0 Å². The summed E-state index contributed by atoms with van der Waals surface area (Å²) in [6.45, 7) is 3.86. The number of rotatable bonds is 10. The molecule has 35 heavy (non-hydrogen) atoms. The van der Waals surface area contributed by atoms with Gasteiger partial charge in [0.2, 0.25) is 6.29 Å². The van der Waals surface area contributed by atoms with Crippen molar-refractivity contribution in [2.45, 2.75) is 64.7 Å². The second-order valence-electron chi connectivity index (χ2n) is 8.05. The largest absolute Gasteiger partial charge is 0.463 e. The number of ether oxygens (including phenoxy) is 6. The number of carbonyl (C=O) groups excluding carboxylic acids is 3. The van der Waals surface area contributed by atoms with Gasteiger partial charge in [-0.2, -0.15) is 0 Å². The van der Waals surface area contributed by atoms with Crippen molar-refractivity contribution in [1.29, 1.82) is 0 Å². The highest BCUT2D eigenvalue weighted by atomic mass is 16.7. The molecular formula is C26H30O9. The minimum Gasteiger partial charge on any atom is -0.463 e. The zero-order chi connectivity index (χ0) is 25.2. The average Bonchev–Trinajstić information content (AvgIpc) is 2.82. The van der Waals surface area contributed by atoms with Gasteiger partial charge in [0.25, 0.3) is 0 Å². The third-order valence-corrected chi connectivity index (χ3v) is 5.20. The lowest BCUT2D eigenvalue weighted by Gasteiger charge is -2.44. The van der Waals surface area contributed by atoms with E-state index >= 15 is 0 Å². The van der Waals surface area contributed by atoms with Crippen LogP contribution in [0.25, 0.3) is 0 Å². The van der Waals surface area contributed by atoms with E-state index in [1.54, 1.807) is 0 Å². The summed E-state index contributed by atoms with van der Waals surface area (Å²) in [5.41, 5.74) is 1.75. The molecule has 9 nitrogen and oxygen atoms in total. The normalized spacial score (nSPS) is 23.8. The molecule has 2 aromatic carbocycles. The zero-order valence-corrected chi connectivity index (χ0v) is 20.0. The van der Waals surface area contributed by atoms with Crippen molar-refractivity contribution < 1.29 is 42.8 Å². The molecule has 0 N–H and O–H groups in total. The smallest absolute Gasteiger partial charge is 0.305 e. The molecule has 0 aliphatic carbocycles. The molecule has 3 rings (SSSR count). The summed E-state index contributed by atoms with van der Waals surface area (Å²) < 4.78 is 34.4. The summed E-state index contributed by atoms with van der Waals surface area (Å²) in [6.07, 6.45) is -4.99. The van der Waals surface area contributed by atoms with Crippen molar-refractivity contribution in [3.63, 3.8) is 0 Å². The molecule has 1 saturated heterocycles. The Kier molecular flexibility index (Phi) is 9.77. The van der Waals surface area contributed by atoms with Gasteiger partial charge in [0.15, 0.2) is 12.2 Å². The fourth-order valence-electron chi connectivity index (χ4n) is 3.70. The highest BCUT2D eigenvalue weighted by Gasteiger charge is 2.51. The number of hydrogen-bond donors (Lipinski definition) is 0. The lowest BCUT2D eigenvalue weighted by molar-refractivity contribution is -0.313. The van der Waals surface area contributed by atoms with Crippen LogP contribution in [0.15, 0.2) is 60.7 Å². The molecule has 0 amide bonds. The summed E-state index contributed by atoms with van der Waals surface area (Å²) in [5.74, 6) is -1.71. The third kappa shape index (κ3) is 8.17. The monoisotopic (exact) mass is 486 g/mol. The molecule has 1 fully saturated rings. The maximum atomic E-state index is 12.0. The molecule has 0 bridgehead atoms. The predicted octanol–water partition coefficient (Wildman–Crippen LogP) is 2.94. The molecule has 1 aliphatic rings. The van der Waals surface area contributed by atoms with Crippen LogP contribution in [0.1, 0.15) is 31.9 Å². The molecule has 1 aliphatic heterocycles. The van der Waals surface area contributed by atoms with Crippen LogP contribution in [0.5, 0.6) is 0 Å². The van der Waals surface area contributed by atoms with Crippen molar-refractivity contribution in [1.82, 2.24) is 0 Å². The van der Waals surface area contributed by atoms with Crippen LogP contribution >= 0.6 is 0 Å². The standard InChI is InChI=1S/C26H30O9/c1-17(27)30-16-22-23(33-18(2)28)24(31-14-20-10-6-4-7-11-20)25(26(35-22)34-19(3)29)32-15-21-12-8-5-9-13-21/h4-13,22-26H,14-16H2,1-3H3/t22-,23-,24-,25+,26?/m1/s1. The molecule has 0 radical (unpaired) electrons. The minimum atomic E-state index is -1.19. The van der Waals surface area contributed by atoms with E-state index in [-0.39, 0.29) is 19.8 Å². The first kappa shape index (κ1) is 26.3. The van der Waals surface area contributed by atoms with Gasteiger partial charge in [-0.15, -0.1) is 0 Å². The Bertz CT molecular complexity index is 963. The van der Waals surface area contributed by atoms with E-state index in [4.69, 9.17) is 28.4 Å². The van der Waals surface area contributed by atoms with Gasteiger partial charge < -0.3 is 28.4 Å².